The van der Waals surface area contributed by atoms with Crippen LogP contribution >= 0.6 is 0 Å². The van der Waals surface area contributed by atoms with Gasteiger partial charge in [0.25, 0.3) is 0 Å². The van der Waals surface area contributed by atoms with Gasteiger partial charge in [0, 0.05) is 0 Å². The molecule has 198 valence electrons. The van der Waals surface area contributed by atoms with Gasteiger partial charge in [0.1, 0.15) is 36.1 Å². The summed E-state index contributed by atoms with van der Waals surface area (Å²) >= 11 is 0. The molecule has 4 aliphatic heterocycles. The number of carbonyl (C=O) groups is 1. The highest BCUT2D eigenvalue weighted by molar-refractivity contribution is 5.69. The Morgan fingerprint density at radius 3 is 2.67 bits per heavy atom. The zero-order valence-corrected chi connectivity index (χ0v) is 21.6. The first-order valence-electron chi connectivity index (χ1n) is 12.7. The number of likely N-dealkylation sites (tertiary alicyclic amines) is 1. The first-order chi connectivity index (χ1) is 17.0. The Bertz CT molecular complexity index is 974. The van der Waals surface area contributed by atoms with Crippen LogP contribution in [0, 0.1) is 0 Å². The van der Waals surface area contributed by atoms with Gasteiger partial charge in [-0.15, -0.1) is 0 Å². The van der Waals surface area contributed by atoms with Crippen molar-refractivity contribution in [1.82, 2.24) is 4.90 Å². The van der Waals surface area contributed by atoms with Crippen molar-refractivity contribution >= 4 is 6.09 Å². The van der Waals surface area contributed by atoms with E-state index in [0.29, 0.717) is 31.8 Å². The van der Waals surface area contributed by atoms with E-state index >= 15 is 0 Å². The third kappa shape index (κ3) is 5.32. The van der Waals surface area contributed by atoms with Crippen LogP contribution in [-0.4, -0.2) is 83.5 Å². The molecule has 1 aromatic rings. The molecule has 1 N–H and O–H groups in total. The molecule has 0 aliphatic carbocycles. The second kappa shape index (κ2) is 9.70. The van der Waals surface area contributed by atoms with Gasteiger partial charge in [-0.2, -0.15) is 0 Å². The van der Waals surface area contributed by atoms with E-state index in [1.165, 1.54) is 0 Å². The minimum Gasteiger partial charge on any atom is -0.444 e. The Labute approximate surface area is 212 Å². The van der Waals surface area contributed by atoms with Gasteiger partial charge in [0.2, 0.25) is 0 Å². The molecule has 4 fully saturated rings. The normalized spacial score (nSPS) is 36.3. The van der Waals surface area contributed by atoms with E-state index in [-0.39, 0.29) is 18.2 Å². The van der Waals surface area contributed by atoms with Crippen LogP contribution in [0.3, 0.4) is 0 Å². The van der Waals surface area contributed by atoms with E-state index in [1.807, 2.05) is 71.0 Å². The van der Waals surface area contributed by atoms with Gasteiger partial charge in [-0.1, -0.05) is 36.4 Å². The van der Waals surface area contributed by atoms with E-state index in [1.54, 1.807) is 4.90 Å². The fourth-order valence-electron chi connectivity index (χ4n) is 5.36. The summed E-state index contributed by atoms with van der Waals surface area (Å²) < 4.78 is 35.8. The Morgan fingerprint density at radius 1 is 1.19 bits per heavy atom. The molecular weight excluding hydrogens is 466 g/mol. The highest BCUT2D eigenvalue weighted by atomic mass is 16.8. The van der Waals surface area contributed by atoms with Crippen LogP contribution in [0.4, 0.5) is 4.79 Å². The quantitative estimate of drug-likeness (QED) is 0.613. The summed E-state index contributed by atoms with van der Waals surface area (Å²) in [4.78, 5) is 14.8. The summed E-state index contributed by atoms with van der Waals surface area (Å²) in [7, 11) is 0. The first-order valence-corrected chi connectivity index (χ1v) is 12.7. The number of nitrogens with zero attached hydrogens (tertiary/aromatic N) is 1. The van der Waals surface area contributed by atoms with Crippen LogP contribution in [0.5, 0.6) is 0 Å². The molecule has 0 aromatic heterocycles. The molecular formula is C27H37NO8. The summed E-state index contributed by atoms with van der Waals surface area (Å²) in [5, 5.41) is 11.1. The van der Waals surface area contributed by atoms with Crippen molar-refractivity contribution in [2.45, 2.75) is 102 Å². The minimum atomic E-state index is -0.867. The molecule has 36 heavy (non-hydrogen) atoms. The van der Waals surface area contributed by atoms with Crippen LogP contribution in [0.15, 0.2) is 42.0 Å². The van der Waals surface area contributed by atoms with Crippen molar-refractivity contribution in [2.75, 3.05) is 13.2 Å². The Hall–Kier alpha value is -2.01. The van der Waals surface area contributed by atoms with E-state index in [9.17, 15) is 9.90 Å². The van der Waals surface area contributed by atoms with Crippen molar-refractivity contribution < 1.29 is 38.3 Å². The third-order valence-electron chi connectivity index (χ3n) is 6.88. The zero-order valence-electron chi connectivity index (χ0n) is 21.6. The molecule has 1 aromatic carbocycles. The maximum absolute atomic E-state index is 13.1. The second-order valence-corrected chi connectivity index (χ2v) is 11.3. The van der Waals surface area contributed by atoms with Crippen LogP contribution in [-0.2, 0) is 35.0 Å². The molecule has 9 heteroatoms. The van der Waals surface area contributed by atoms with E-state index in [4.69, 9.17) is 28.4 Å². The number of carbonyl (C=O) groups excluding carboxylic acids is 1. The summed E-state index contributed by atoms with van der Waals surface area (Å²) in [6, 6.07) is 9.51. The molecule has 0 radical (unpaired) electrons. The predicted octanol–water partition coefficient (Wildman–Crippen LogP) is 3.14. The highest BCUT2D eigenvalue weighted by Gasteiger charge is 2.54. The number of ether oxygens (including phenoxy) is 6. The molecule has 0 saturated carbocycles. The summed E-state index contributed by atoms with van der Waals surface area (Å²) in [6.45, 7) is 10.3. The fraction of sp³-hybridized carbons (Fsp3) is 0.667. The number of aliphatic hydroxyl groups is 1. The standard InChI is InChI=1S/C27H37NO8/c1-26(2,3)36-25(30)28-13-19-23(35-27(4,5)34-19)18(28)12-11-17-21(29)20-15-32-24(33-20)22(17)31-14-16-9-7-6-8-10-16/h6-11,18-24,29H,12-15H2,1-5H3/b17-11+/t18-,19?,20?,21+,22-,23?,24+/m0/s1. The third-order valence-corrected chi connectivity index (χ3v) is 6.88. The van der Waals surface area contributed by atoms with E-state index in [0.717, 1.165) is 5.56 Å². The Morgan fingerprint density at radius 2 is 1.94 bits per heavy atom. The average Bonchev–Trinajstić information content (AvgIpc) is 3.46. The van der Waals surface area contributed by atoms with E-state index < -0.39 is 42.1 Å². The molecule has 4 saturated heterocycles. The van der Waals surface area contributed by atoms with Crippen molar-refractivity contribution in [3.8, 4) is 0 Å². The van der Waals surface area contributed by atoms with E-state index in [2.05, 4.69) is 0 Å². The van der Waals surface area contributed by atoms with Crippen molar-refractivity contribution in [3.63, 3.8) is 0 Å². The van der Waals surface area contributed by atoms with Gasteiger partial charge in [-0.25, -0.2) is 4.79 Å². The van der Waals surface area contributed by atoms with Crippen molar-refractivity contribution in [1.29, 1.82) is 0 Å². The fourth-order valence-corrected chi connectivity index (χ4v) is 5.36. The maximum Gasteiger partial charge on any atom is 0.410 e. The lowest BCUT2D eigenvalue weighted by Crippen LogP contribution is -2.46. The number of hydrogen-bond acceptors (Lipinski definition) is 8. The van der Waals surface area contributed by atoms with Crippen molar-refractivity contribution in [2.24, 2.45) is 0 Å². The largest absolute Gasteiger partial charge is 0.444 e. The minimum absolute atomic E-state index is 0.250. The summed E-state index contributed by atoms with van der Waals surface area (Å²) in [6.07, 6.45) is -1.03. The van der Waals surface area contributed by atoms with Gasteiger partial charge in [-0.05, 0) is 52.2 Å². The van der Waals surface area contributed by atoms with Gasteiger partial charge in [0.15, 0.2) is 12.1 Å². The maximum atomic E-state index is 13.1. The predicted molar refractivity (Wildman–Crippen MR) is 129 cm³/mol. The topological polar surface area (TPSA) is 95.9 Å². The summed E-state index contributed by atoms with van der Waals surface area (Å²) in [5.41, 5.74) is 1.10. The number of fused-ring (bicyclic) bond motifs is 3. The first kappa shape index (κ1) is 25.6. The number of rotatable bonds is 5. The number of hydrogen-bond donors (Lipinski definition) is 1. The number of benzene rings is 1. The van der Waals surface area contributed by atoms with Gasteiger partial charge < -0.3 is 33.5 Å². The van der Waals surface area contributed by atoms with Crippen LogP contribution in [0.1, 0.15) is 46.6 Å². The average molecular weight is 504 g/mol. The molecule has 2 bridgehead atoms. The molecule has 9 nitrogen and oxygen atoms in total. The summed E-state index contributed by atoms with van der Waals surface area (Å²) in [5.74, 6) is -0.729. The SMILES string of the molecule is CC(C)(C)OC(=O)N1CC2OC(C)(C)OC2[C@@H]1C/C=C1\[C@@H](O)C2CO[C@H](O2)[C@H]1OCc1ccccc1. The molecule has 0 spiro atoms. The lowest BCUT2D eigenvalue weighted by atomic mass is 9.94. The number of amides is 1. The van der Waals surface area contributed by atoms with Gasteiger partial charge in [0.05, 0.1) is 25.8 Å². The molecule has 1 amide bonds. The zero-order chi connectivity index (χ0) is 25.7. The molecule has 4 heterocycles. The smallest absolute Gasteiger partial charge is 0.410 e. The van der Waals surface area contributed by atoms with Gasteiger partial charge >= 0.3 is 6.09 Å². The van der Waals surface area contributed by atoms with Crippen molar-refractivity contribution in [3.05, 3.63) is 47.5 Å². The Kier molecular flexibility index (Phi) is 6.91. The lowest BCUT2D eigenvalue weighted by Gasteiger charge is -2.35. The molecule has 7 atom stereocenters. The highest BCUT2D eigenvalue weighted by Crippen LogP contribution is 2.40. The van der Waals surface area contributed by atoms with Gasteiger partial charge in [-0.3, -0.25) is 4.90 Å². The molecule has 5 rings (SSSR count). The second-order valence-electron chi connectivity index (χ2n) is 11.3. The number of aliphatic hydroxyl groups excluding tert-OH is 1. The van der Waals surface area contributed by atoms with Crippen LogP contribution < -0.4 is 0 Å². The monoisotopic (exact) mass is 503 g/mol. The molecule has 4 aliphatic rings. The Balaban J connectivity index is 1.37. The van der Waals surface area contributed by atoms with Crippen LogP contribution in [0.2, 0.25) is 0 Å². The lowest BCUT2D eigenvalue weighted by molar-refractivity contribution is -0.174. The van der Waals surface area contributed by atoms with Crippen LogP contribution in [0.25, 0.3) is 0 Å². The molecule has 3 unspecified atom stereocenters.